The molecule has 0 spiro atoms. The van der Waals surface area contributed by atoms with Gasteiger partial charge in [-0.25, -0.2) is 9.97 Å². The van der Waals surface area contributed by atoms with Crippen LogP contribution >= 0.6 is 0 Å². The summed E-state index contributed by atoms with van der Waals surface area (Å²) in [6.45, 7) is 0. The minimum atomic E-state index is 0.706. The van der Waals surface area contributed by atoms with Crippen LogP contribution < -0.4 is 0 Å². The van der Waals surface area contributed by atoms with Crippen molar-refractivity contribution in [2.24, 2.45) is 0 Å². The molecule has 0 fully saturated rings. The first-order valence-corrected chi connectivity index (χ1v) is 21.1. The summed E-state index contributed by atoms with van der Waals surface area (Å²) in [5.74, 6) is 0.706. The summed E-state index contributed by atoms with van der Waals surface area (Å²) in [6, 6.07) is 82.2. The Balaban J connectivity index is 0.984. The molecule has 4 heteroatoms. The number of para-hydroxylation sites is 3. The molecule has 0 saturated heterocycles. The number of nitrogens with zero attached hydrogens (tertiary/aromatic N) is 4. The van der Waals surface area contributed by atoms with E-state index in [0.29, 0.717) is 5.82 Å². The van der Waals surface area contributed by atoms with E-state index >= 15 is 0 Å². The van der Waals surface area contributed by atoms with E-state index in [9.17, 15) is 0 Å². The van der Waals surface area contributed by atoms with E-state index in [-0.39, 0.29) is 0 Å². The number of fused-ring (bicyclic) bond motifs is 6. The molecule has 12 rings (SSSR count). The van der Waals surface area contributed by atoms with Gasteiger partial charge in [0.15, 0.2) is 5.82 Å². The van der Waals surface area contributed by atoms with Gasteiger partial charge in [0.1, 0.15) is 5.52 Å². The fourth-order valence-corrected chi connectivity index (χ4v) is 9.20. The Hall–Kier alpha value is -8.34. The molecule has 290 valence electrons. The summed E-state index contributed by atoms with van der Waals surface area (Å²) in [6.07, 6.45) is 0. The second-order valence-corrected chi connectivity index (χ2v) is 15.8. The number of hydrogen-bond donors (Lipinski definition) is 0. The van der Waals surface area contributed by atoms with Crippen LogP contribution in [-0.4, -0.2) is 19.1 Å². The molecule has 3 aromatic heterocycles. The summed E-state index contributed by atoms with van der Waals surface area (Å²) < 4.78 is 4.69. The standard InChI is InChI=1S/C58H38N4/c1-5-17-39(18-6-1)55-57-56(60-58(59-55)40-19-7-2-8-20-40)51-38-46(32-34-54(51)62(57)48-27-11-4-12-28-48)44-24-16-22-42(36-44)41-21-15-23-43(35-41)45-31-33-53-50(37-45)49-29-13-14-30-52(49)61(53)47-25-9-3-10-26-47/h1-38H. The van der Waals surface area contributed by atoms with Crippen molar-refractivity contribution in [3.05, 3.63) is 231 Å². The summed E-state index contributed by atoms with van der Waals surface area (Å²) in [5.41, 5.74) is 17.6. The summed E-state index contributed by atoms with van der Waals surface area (Å²) in [7, 11) is 0. The van der Waals surface area contributed by atoms with Crippen LogP contribution in [0.2, 0.25) is 0 Å². The number of aromatic nitrogens is 4. The Kier molecular flexibility index (Phi) is 8.46. The second-order valence-electron chi connectivity index (χ2n) is 15.8. The first-order chi connectivity index (χ1) is 30.7. The smallest absolute Gasteiger partial charge is 0.160 e. The van der Waals surface area contributed by atoms with Crippen LogP contribution in [0.25, 0.3) is 111 Å². The van der Waals surface area contributed by atoms with Crippen LogP contribution in [0.1, 0.15) is 0 Å². The van der Waals surface area contributed by atoms with Crippen LogP contribution in [0.15, 0.2) is 231 Å². The topological polar surface area (TPSA) is 35.6 Å². The van der Waals surface area contributed by atoms with Crippen molar-refractivity contribution in [2.75, 3.05) is 0 Å². The summed E-state index contributed by atoms with van der Waals surface area (Å²) in [5, 5.41) is 3.57. The molecule has 0 aliphatic heterocycles. The van der Waals surface area contributed by atoms with Gasteiger partial charge in [-0.05, 0) is 100 Å². The largest absolute Gasteiger partial charge is 0.309 e. The normalized spacial score (nSPS) is 11.5. The molecular formula is C58H38N4. The highest BCUT2D eigenvalue weighted by Crippen LogP contribution is 2.41. The fraction of sp³-hybridized carbons (Fsp3) is 0. The SMILES string of the molecule is c1ccc(-c2nc(-c3ccccc3)c3c(n2)c2cc(-c4cccc(-c5cccc(-c6ccc7c(c6)c6ccccc6n7-c6ccccc6)c5)c4)ccc2n3-c2ccccc2)cc1. The van der Waals surface area contributed by atoms with Gasteiger partial charge in [-0.2, -0.15) is 0 Å². The molecule has 0 radical (unpaired) electrons. The van der Waals surface area contributed by atoms with E-state index in [4.69, 9.17) is 9.97 Å². The highest BCUT2D eigenvalue weighted by Gasteiger charge is 2.22. The van der Waals surface area contributed by atoms with Gasteiger partial charge in [0, 0.05) is 38.7 Å². The maximum atomic E-state index is 5.36. The van der Waals surface area contributed by atoms with E-state index in [1.165, 1.54) is 38.5 Å². The average Bonchev–Trinajstić information content (AvgIpc) is 3.87. The van der Waals surface area contributed by atoms with E-state index in [1.807, 2.05) is 18.2 Å². The lowest BCUT2D eigenvalue weighted by Gasteiger charge is -2.12. The van der Waals surface area contributed by atoms with Crippen LogP contribution in [0.5, 0.6) is 0 Å². The average molecular weight is 791 g/mol. The molecule has 0 N–H and O–H groups in total. The predicted octanol–water partition coefficient (Wildman–Crippen LogP) is 15.0. The molecule has 0 amide bonds. The Morgan fingerprint density at radius 1 is 0.274 bits per heavy atom. The minimum Gasteiger partial charge on any atom is -0.309 e. The highest BCUT2D eigenvalue weighted by atomic mass is 15.0. The van der Waals surface area contributed by atoms with Crippen molar-refractivity contribution in [3.63, 3.8) is 0 Å². The van der Waals surface area contributed by atoms with Crippen molar-refractivity contribution in [2.45, 2.75) is 0 Å². The van der Waals surface area contributed by atoms with E-state index in [2.05, 4.69) is 221 Å². The van der Waals surface area contributed by atoms with Gasteiger partial charge in [-0.3, -0.25) is 0 Å². The van der Waals surface area contributed by atoms with Crippen LogP contribution in [0.4, 0.5) is 0 Å². The predicted molar refractivity (Wildman–Crippen MR) is 258 cm³/mol. The zero-order chi connectivity index (χ0) is 41.0. The quantitative estimate of drug-likeness (QED) is 0.161. The Morgan fingerprint density at radius 3 is 1.31 bits per heavy atom. The van der Waals surface area contributed by atoms with Gasteiger partial charge in [0.2, 0.25) is 0 Å². The number of rotatable bonds is 7. The molecule has 62 heavy (non-hydrogen) atoms. The molecule has 12 aromatic rings. The first-order valence-electron chi connectivity index (χ1n) is 21.1. The molecule has 0 saturated carbocycles. The molecule has 9 aromatic carbocycles. The van der Waals surface area contributed by atoms with Crippen molar-refractivity contribution in [3.8, 4) is 67.4 Å². The lowest BCUT2D eigenvalue weighted by molar-refractivity contribution is 1.15. The minimum absolute atomic E-state index is 0.706. The van der Waals surface area contributed by atoms with Gasteiger partial charge in [0.05, 0.1) is 27.8 Å². The van der Waals surface area contributed by atoms with Crippen LogP contribution in [0, 0.1) is 0 Å². The third-order valence-electron chi connectivity index (χ3n) is 12.1. The molecule has 4 nitrogen and oxygen atoms in total. The second kappa shape index (κ2) is 14.7. The molecule has 0 unspecified atom stereocenters. The van der Waals surface area contributed by atoms with Crippen molar-refractivity contribution in [1.82, 2.24) is 19.1 Å². The Labute approximate surface area is 359 Å². The molecule has 0 bridgehead atoms. The lowest BCUT2D eigenvalue weighted by Crippen LogP contribution is -1.99. The lowest BCUT2D eigenvalue weighted by atomic mass is 9.95. The third kappa shape index (κ3) is 6.00. The van der Waals surface area contributed by atoms with Gasteiger partial charge >= 0.3 is 0 Å². The van der Waals surface area contributed by atoms with Crippen molar-refractivity contribution >= 4 is 43.7 Å². The zero-order valence-corrected chi connectivity index (χ0v) is 33.7. The molecule has 0 atom stereocenters. The molecular weight excluding hydrogens is 753 g/mol. The number of benzene rings is 9. The van der Waals surface area contributed by atoms with Crippen LogP contribution in [0.3, 0.4) is 0 Å². The van der Waals surface area contributed by atoms with E-state index in [0.717, 1.165) is 66.8 Å². The van der Waals surface area contributed by atoms with Gasteiger partial charge in [0.25, 0.3) is 0 Å². The van der Waals surface area contributed by atoms with E-state index in [1.54, 1.807) is 0 Å². The van der Waals surface area contributed by atoms with Gasteiger partial charge in [-0.15, -0.1) is 0 Å². The Morgan fingerprint density at radius 2 is 0.710 bits per heavy atom. The maximum absolute atomic E-state index is 5.36. The van der Waals surface area contributed by atoms with Crippen LogP contribution in [-0.2, 0) is 0 Å². The van der Waals surface area contributed by atoms with E-state index < -0.39 is 0 Å². The van der Waals surface area contributed by atoms with Crippen molar-refractivity contribution < 1.29 is 0 Å². The summed E-state index contributed by atoms with van der Waals surface area (Å²) >= 11 is 0. The third-order valence-corrected chi connectivity index (χ3v) is 12.1. The Bertz CT molecular complexity index is 3610. The molecule has 0 aliphatic carbocycles. The monoisotopic (exact) mass is 790 g/mol. The highest BCUT2D eigenvalue weighted by molar-refractivity contribution is 6.13. The fourth-order valence-electron chi connectivity index (χ4n) is 9.20. The van der Waals surface area contributed by atoms with Gasteiger partial charge < -0.3 is 9.13 Å². The molecule has 3 heterocycles. The number of hydrogen-bond acceptors (Lipinski definition) is 2. The first kappa shape index (κ1) is 35.6. The maximum Gasteiger partial charge on any atom is 0.160 e. The molecule has 0 aliphatic rings. The zero-order valence-electron chi connectivity index (χ0n) is 33.7. The van der Waals surface area contributed by atoms with Crippen molar-refractivity contribution in [1.29, 1.82) is 0 Å². The van der Waals surface area contributed by atoms with Gasteiger partial charge in [-0.1, -0.05) is 164 Å². The summed E-state index contributed by atoms with van der Waals surface area (Å²) in [4.78, 5) is 10.6.